The van der Waals surface area contributed by atoms with Crippen molar-refractivity contribution in [2.24, 2.45) is 11.3 Å². The first-order valence-corrected chi connectivity index (χ1v) is 13.2. The van der Waals surface area contributed by atoms with Crippen molar-refractivity contribution in [2.45, 2.75) is 44.2 Å². The molecule has 2 aliphatic rings. The Hall–Kier alpha value is -2.85. The largest absolute Gasteiger partial charge is 0.497 e. The molecule has 1 saturated carbocycles. The lowest BCUT2D eigenvalue weighted by Gasteiger charge is -2.53. The molecule has 1 aliphatic carbocycles. The van der Waals surface area contributed by atoms with Crippen LogP contribution in [0.25, 0.3) is 0 Å². The number of anilines is 1. The number of halogens is 4. The van der Waals surface area contributed by atoms with Crippen molar-refractivity contribution in [3.63, 3.8) is 0 Å². The third kappa shape index (κ3) is 9.10. The molecule has 2 heterocycles. The normalized spacial score (nSPS) is 17.0. The van der Waals surface area contributed by atoms with E-state index < -0.39 is 12.1 Å². The smallest absolute Gasteiger partial charge is 0.395 e. The Bertz CT molecular complexity index is 1050. The number of benzene rings is 1. The standard InChI is InChI=1S/C24H26ClF3N2O2.C2H5NO.C2H7N/c1-32-19-4-2-3-17(12-19)20(24(26,27)28)11-16-13-23(14-16)7-9-30(10-8-23)21-6-5-18(15-31)22(25)29-21;1-3-2-4;1-3-2/h2-6,12,15-16,20H,7-11,13-14H2,1H3;2H,1H3,(H,3,4);3H,1-2H3. The highest BCUT2D eigenvalue weighted by molar-refractivity contribution is 6.31. The highest BCUT2D eigenvalue weighted by Gasteiger charge is 2.50. The second-order valence-corrected chi connectivity index (χ2v) is 10.3. The molecule has 1 aromatic carbocycles. The summed E-state index contributed by atoms with van der Waals surface area (Å²) in [5.74, 6) is -0.216. The number of piperidine rings is 1. The van der Waals surface area contributed by atoms with E-state index in [0.717, 1.165) is 44.6 Å². The van der Waals surface area contributed by atoms with Crippen molar-refractivity contribution < 1.29 is 27.5 Å². The second-order valence-electron chi connectivity index (χ2n) is 9.94. The van der Waals surface area contributed by atoms with E-state index in [0.29, 0.717) is 24.0 Å². The SMILES string of the molecule is CNC.CNC=O.COc1cccc(C(CC2CC3(CCN(c4ccc(C=O)c(Cl)n4)CC3)C2)C(F)(F)F)c1. The molecular weight excluding hydrogens is 533 g/mol. The molecule has 11 heteroatoms. The molecule has 2 N–H and O–H groups in total. The minimum Gasteiger partial charge on any atom is -0.497 e. The molecule has 1 spiro atoms. The van der Waals surface area contributed by atoms with Gasteiger partial charge >= 0.3 is 6.18 Å². The summed E-state index contributed by atoms with van der Waals surface area (Å²) in [7, 11) is 6.77. The molecule has 1 saturated heterocycles. The predicted octanol–water partition coefficient (Wildman–Crippen LogP) is 5.49. The molecule has 1 unspecified atom stereocenters. The maximum absolute atomic E-state index is 13.8. The monoisotopic (exact) mass is 570 g/mol. The average Bonchev–Trinajstić information content (AvgIpc) is 2.90. The van der Waals surface area contributed by atoms with Gasteiger partial charge in [-0.3, -0.25) is 9.59 Å². The lowest BCUT2D eigenvalue weighted by Crippen LogP contribution is -2.48. The summed E-state index contributed by atoms with van der Waals surface area (Å²) in [6.07, 6.45) is 0.648. The van der Waals surface area contributed by atoms with E-state index in [-0.39, 0.29) is 28.5 Å². The van der Waals surface area contributed by atoms with Crippen molar-refractivity contribution in [3.05, 3.63) is 52.7 Å². The van der Waals surface area contributed by atoms with Crippen LogP contribution < -0.4 is 20.3 Å². The fraction of sp³-hybridized carbons (Fsp3) is 0.536. The molecule has 0 bridgehead atoms. The summed E-state index contributed by atoms with van der Waals surface area (Å²) < 4.78 is 46.6. The lowest BCUT2D eigenvalue weighted by atomic mass is 9.56. The van der Waals surface area contributed by atoms with E-state index in [4.69, 9.17) is 21.1 Å². The summed E-state index contributed by atoms with van der Waals surface area (Å²) in [6, 6.07) is 9.78. The van der Waals surface area contributed by atoms with Gasteiger partial charge in [-0.2, -0.15) is 13.2 Å². The van der Waals surface area contributed by atoms with Gasteiger partial charge in [0.05, 0.1) is 18.6 Å². The number of pyridine rings is 1. The number of rotatable bonds is 7. The molecule has 1 atom stereocenters. The van der Waals surface area contributed by atoms with Crippen LogP contribution in [0.5, 0.6) is 5.75 Å². The summed E-state index contributed by atoms with van der Waals surface area (Å²) in [5.41, 5.74) is 0.758. The number of amides is 1. The topological polar surface area (TPSA) is 83.6 Å². The molecule has 7 nitrogen and oxygen atoms in total. The number of aromatic nitrogens is 1. The fourth-order valence-corrected chi connectivity index (χ4v) is 5.49. The first-order valence-electron chi connectivity index (χ1n) is 12.8. The van der Waals surface area contributed by atoms with Crippen molar-refractivity contribution in [1.82, 2.24) is 15.6 Å². The molecule has 4 rings (SSSR count). The lowest BCUT2D eigenvalue weighted by molar-refractivity contribution is -0.159. The zero-order valence-electron chi connectivity index (χ0n) is 22.9. The Morgan fingerprint density at radius 1 is 1.15 bits per heavy atom. The number of aldehydes is 1. The summed E-state index contributed by atoms with van der Waals surface area (Å²) in [6.45, 7) is 1.57. The molecule has 216 valence electrons. The number of ether oxygens (including phenoxy) is 1. The van der Waals surface area contributed by atoms with E-state index in [1.54, 1.807) is 37.4 Å². The van der Waals surface area contributed by atoms with Gasteiger partial charge in [-0.05, 0) is 87.4 Å². The van der Waals surface area contributed by atoms with Gasteiger partial charge in [0.25, 0.3) is 0 Å². The minimum atomic E-state index is -4.28. The third-order valence-corrected chi connectivity index (χ3v) is 7.46. The number of carbonyl (C=O) groups is 2. The summed E-state index contributed by atoms with van der Waals surface area (Å²) in [4.78, 5) is 26.4. The molecule has 1 aromatic heterocycles. The van der Waals surface area contributed by atoms with Crippen LogP contribution in [0.2, 0.25) is 5.15 Å². The van der Waals surface area contributed by atoms with Gasteiger partial charge < -0.3 is 20.3 Å². The van der Waals surface area contributed by atoms with Crippen LogP contribution in [-0.4, -0.2) is 65.2 Å². The number of nitrogens with zero attached hydrogens (tertiary/aromatic N) is 2. The Morgan fingerprint density at radius 2 is 1.77 bits per heavy atom. The van der Waals surface area contributed by atoms with E-state index in [2.05, 4.69) is 20.5 Å². The van der Waals surface area contributed by atoms with E-state index >= 15 is 0 Å². The number of hydrogen-bond donors (Lipinski definition) is 2. The van der Waals surface area contributed by atoms with Crippen LogP contribution in [0, 0.1) is 11.3 Å². The minimum absolute atomic E-state index is 0.0684. The van der Waals surface area contributed by atoms with Crippen molar-refractivity contribution in [3.8, 4) is 5.75 Å². The maximum Gasteiger partial charge on any atom is 0.395 e. The first-order chi connectivity index (χ1) is 18.6. The van der Waals surface area contributed by atoms with Crippen LogP contribution in [0.1, 0.15) is 53.9 Å². The van der Waals surface area contributed by atoms with Crippen LogP contribution in [-0.2, 0) is 4.79 Å². The molecule has 39 heavy (non-hydrogen) atoms. The van der Waals surface area contributed by atoms with E-state index in [9.17, 15) is 18.0 Å². The predicted molar refractivity (Wildman–Crippen MR) is 148 cm³/mol. The zero-order valence-corrected chi connectivity index (χ0v) is 23.6. The van der Waals surface area contributed by atoms with Crippen molar-refractivity contribution >= 4 is 30.1 Å². The zero-order chi connectivity index (χ0) is 29.1. The molecule has 2 fully saturated rings. The highest BCUT2D eigenvalue weighted by atomic mass is 35.5. The van der Waals surface area contributed by atoms with Gasteiger partial charge in [0, 0.05) is 20.1 Å². The van der Waals surface area contributed by atoms with Crippen molar-refractivity contribution in [2.75, 3.05) is 46.2 Å². The van der Waals surface area contributed by atoms with Crippen molar-refractivity contribution in [1.29, 1.82) is 0 Å². The average molecular weight is 571 g/mol. The number of methoxy groups -OCH3 is 1. The van der Waals surface area contributed by atoms with Gasteiger partial charge in [0.1, 0.15) is 16.7 Å². The third-order valence-electron chi connectivity index (χ3n) is 7.16. The van der Waals surface area contributed by atoms with Gasteiger partial charge in [-0.25, -0.2) is 4.98 Å². The fourth-order valence-electron chi connectivity index (χ4n) is 5.30. The van der Waals surface area contributed by atoms with Gasteiger partial charge in [-0.15, -0.1) is 0 Å². The van der Waals surface area contributed by atoms with Crippen LogP contribution in [0.15, 0.2) is 36.4 Å². The van der Waals surface area contributed by atoms with Crippen LogP contribution in [0.4, 0.5) is 19.0 Å². The quantitative estimate of drug-likeness (QED) is 0.338. The molecule has 0 radical (unpaired) electrons. The van der Waals surface area contributed by atoms with Gasteiger partial charge in [0.2, 0.25) is 6.41 Å². The summed E-state index contributed by atoms with van der Waals surface area (Å²) >= 11 is 6.05. The summed E-state index contributed by atoms with van der Waals surface area (Å²) in [5, 5.41) is 5.19. The maximum atomic E-state index is 13.8. The van der Waals surface area contributed by atoms with E-state index in [1.165, 1.54) is 13.2 Å². The second kappa shape index (κ2) is 15.1. The van der Waals surface area contributed by atoms with Crippen LogP contribution in [0.3, 0.4) is 0 Å². The number of hydrogen-bond acceptors (Lipinski definition) is 6. The number of carbonyl (C=O) groups excluding carboxylic acids is 2. The number of alkyl halides is 3. The Labute approximate surface area is 233 Å². The van der Waals surface area contributed by atoms with Gasteiger partial charge in [-0.1, -0.05) is 23.7 Å². The van der Waals surface area contributed by atoms with Crippen LogP contribution >= 0.6 is 11.6 Å². The first kappa shape index (κ1) is 32.4. The Kier molecular flexibility index (Phi) is 12.5. The van der Waals surface area contributed by atoms with E-state index in [1.807, 2.05) is 14.1 Å². The highest BCUT2D eigenvalue weighted by Crippen LogP contribution is 2.56. The Balaban J connectivity index is 0.000000686. The molecule has 1 aliphatic heterocycles. The van der Waals surface area contributed by atoms with Gasteiger partial charge in [0.15, 0.2) is 6.29 Å². The molecule has 2 aromatic rings. The number of nitrogens with one attached hydrogen (secondary N) is 2. The molecule has 1 amide bonds. The molecular formula is C28H38ClF3N4O3. The Morgan fingerprint density at radius 3 is 2.26 bits per heavy atom.